The van der Waals surface area contributed by atoms with Crippen LogP contribution in [-0.2, 0) is 20.9 Å². The van der Waals surface area contributed by atoms with Crippen molar-refractivity contribution in [1.29, 1.82) is 0 Å². The molecule has 2 atom stereocenters. The zero-order valence-electron chi connectivity index (χ0n) is 22.9. The van der Waals surface area contributed by atoms with Crippen LogP contribution in [0.15, 0.2) is 54.0 Å². The summed E-state index contributed by atoms with van der Waals surface area (Å²) in [5, 5.41) is 15.5. The number of carbonyl (C=O) groups is 3. The molecule has 1 aliphatic heterocycles. The monoisotopic (exact) mass is 550 g/mol. The molecule has 3 aromatic rings. The molecule has 1 aromatic carbocycles. The summed E-state index contributed by atoms with van der Waals surface area (Å²) in [6.45, 7) is 8.05. The fourth-order valence-electron chi connectivity index (χ4n) is 4.65. The van der Waals surface area contributed by atoms with E-state index in [1.807, 2.05) is 54.9 Å². The molecular weight excluding hydrogens is 512 g/mol. The number of benzene rings is 1. The van der Waals surface area contributed by atoms with Crippen molar-refractivity contribution in [2.45, 2.75) is 58.7 Å². The molecule has 9 nitrogen and oxygen atoms in total. The van der Waals surface area contributed by atoms with Crippen LogP contribution >= 0.6 is 11.3 Å². The normalized spacial score (nSPS) is 20.6. The SMILES string of the molecule is CC(C)[C@H]1NC(=O)[C@@H](C)NC(=O)CCCN(Cc2cn(-c3ccccc3)nc2-c2cccs2)CCCNC1=O. The van der Waals surface area contributed by atoms with Crippen LogP contribution in [0.1, 0.15) is 45.6 Å². The van der Waals surface area contributed by atoms with E-state index in [0.717, 1.165) is 34.8 Å². The van der Waals surface area contributed by atoms with E-state index >= 15 is 0 Å². The van der Waals surface area contributed by atoms with Gasteiger partial charge in [-0.1, -0.05) is 38.1 Å². The van der Waals surface area contributed by atoms with Crippen LogP contribution in [0.3, 0.4) is 0 Å². The molecule has 0 radical (unpaired) electrons. The highest BCUT2D eigenvalue weighted by Crippen LogP contribution is 2.29. The molecule has 4 rings (SSSR count). The zero-order valence-corrected chi connectivity index (χ0v) is 23.7. The Morgan fingerprint density at radius 1 is 1.00 bits per heavy atom. The van der Waals surface area contributed by atoms with Crippen molar-refractivity contribution in [3.63, 3.8) is 0 Å². The second-order valence-corrected chi connectivity index (χ2v) is 11.3. The molecule has 0 saturated carbocycles. The number of para-hydroxylation sites is 1. The first-order chi connectivity index (χ1) is 18.8. The van der Waals surface area contributed by atoms with Gasteiger partial charge >= 0.3 is 0 Å². The number of aromatic nitrogens is 2. The standard InChI is InChI=1S/C29H38N6O3S/c1-20(2)26-29(38)30-14-9-16-34(15-7-13-25(36)31-21(3)28(37)32-26)18-22-19-35(23-10-5-4-6-11-23)33-27(22)24-12-8-17-39-24/h4-6,8,10-12,17,19-21,26H,7,9,13-16,18H2,1-3H3,(H,30,38)(H,31,36)(H,32,37)/t21-,26-/m1/s1. The maximum absolute atomic E-state index is 12.9. The third kappa shape index (κ3) is 7.77. The number of nitrogens with one attached hydrogen (secondary N) is 3. The Balaban J connectivity index is 1.53. The van der Waals surface area contributed by atoms with E-state index in [4.69, 9.17) is 5.10 Å². The van der Waals surface area contributed by atoms with Gasteiger partial charge in [0.05, 0.1) is 10.6 Å². The first kappa shape index (κ1) is 28.5. The third-order valence-corrected chi connectivity index (χ3v) is 7.68. The van der Waals surface area contributed by atoms with Crippen molar-refractivity contribution in [1.82, 2.24) is 30.6 Å². The Kier molecular flexibility index (Phi) is 9.89. The maximum Gasteiger partial charge on any atom is 0.242 e. The lowest BCUT2D eigenvalue weighted by atomic mass is 10.0. The molecule has 0 spiro atoms. The van der Waals surface area contributed by atoms with Gasteiger partial charge in [-0.25, -0.2) is 4.68 Å². The zero-order chi connectivity index (χ0) is 27.8. The highest BCUT2D eigenvalue weighted by molar-refractivity contribution is 7.13. The van der Waals surface area contributed by atoms with E-state index in [-0.39, 0.29) is 23.6 Å². The summed E-state index contributed by atoms with van der Waals surface area (Å²) in [5.41, 5.74) is 3.06. The van der Waals surface area contributed by atoms with Crippen molar-refractivity contribution < 1.29 is 14.4 Å². The van der Waals surface area contributed by atoms with Gasteiger partial charge in [-0.3, -0.25) is 19.3 Å². The summed E-state index contributed by atoms with van der Waals surface area (Å²) in [4.78, 5) is 41.5. The quantitative estimate of drug-likeness (QED) is 0.452. The minimum atomic E-state index is -0.718. The number of amides is 3. The van der Waals surface area contributed by atoms with Crippen LogP contribution in [0.2, 0.25) is 0 Å². The van der Waals surface area contributed by atoms with Crippen LogP contribution in [0.4, 0.5) is 0 Å². The van der Waals surface area contributed by atoms with E-state index < -0.39 is 12.1 Å². The highest BCUT2D eigenvalue weighted by Gasteiger charge is 2.27. The smallest absolute Gasteiger partial charge is 0.242 e. The van der Waals surface area contributed by atoms with Gasteiger partial charge in [0.15, 0.2) is 0 Å². The Morgan fingerprint density at radius 2 is 1.77 bits per heavy atom. The lowest BCUT2D eigenvalue weighted by Crippen LogP contribution is -2.54. The van der Waals surface area contributed by atoms with Crippen molar-refractivity contribution in [2.75, 3.05) is 19.6 Å². The molecule has 39 heavy (non-hydrogen) atoms. The van der Waals surface area contributed by atoms with Gasteiger partial charge < -0.3 is 16.0 Å². The molecule has 3 heterocycles. The van der Waals surface area contributed by atoms with Crippen molar-refractivity contribution >= 4 is 29.1 Å². The maximum atomic E-state index is 12.9. The van der Waals surface area contributed by atoms with E-state index in [1.54, 1.807) is 18.3 Å². The van der Waals surface area contributed by atoms with Crippen LogP contribution < -0.4 is 16.0 Å². The number of nitrogens with zero attached hydrogens (tertiary/aromatic N) is 3. The first-order valence-electron chi connectivity index (χ1n) is 13.6. The molecular formula is C29H38N6O3S. The molecule has 1 saturated heterocycles. The Hall–Kier alpha value is -3.50. The molecule has 208 valence electrons. The van der Waals surface area contributed by atoms with Crippen molar-refractivity contribution in [2.24, 2.45) is 5.92 Å². The number of rotatable bonds is 5. The Labute approximate surface area is 234 Å². The minimum Gasteiger partial charge on any atom is -0.354 e. The van der Waals surface area contributed by atoms with Crippen molar-refractivity contribution in [3.05, 3.63) is 59.6 Å². The van der Waals surface area contributed by atoms with Gasteiger partial charge in [0, 0.05) is 37.8 Å². The lowest BCUT2D eigenvalue weighted by molar-refractivity contribution is -0.132. The average Bonchev–Trinajstić information content (AvgIpc) is 3.59. The summed E-state index contributed by atoms with van der Waals surface area (Å²) in [6.07, 6.45) is 3.80. The number of hydrogen-bond donors (Lipinski definition) is 3. The summed E-state index contributed by atoms with van der Waals surface area (Å²) in [7, 11) is 0. The van der Waals surface area contributed by atoms with E-state index in [1.165, 1.54) is 0 Å². The van der Waals surface area contributed by atoms with Gasteiger partial charge in [-0.05, 0) is 55.8 Å². The molecule has 2 aromatic heterocycles. The second kappa shape index (κ2) is 13.5. The largest absolute Gasteiger partial charge is 0.354 e. The van der Waals surface area contributed by atoms with Crippen LogP contribution in [0.25, 0.3) is 16.3 Å². The van der Waals surface area contributed by atoms with Gasteiger partial charge in [0.25, 0.3) is 0 Å². The average molecular weight is 551 g/mol. The number of hydrogen-bond acceptors (Lipinski definition) is 6. The summed E-state index contributed by atoms with van der Waals surface area (Å²) in [5.74, 6) is -0.817. The van der Waals surface area contributed by atoms with E-state index in [2.05, 4.69) is 38.5 Å². The number of carbonyl (C=O) groups excluding carboxylic acids is 3. The van der Waals surface area contributed by atoms with Gasteiger partial charge in [-0.15, -0.1) is 11.3 Å². The summed E-state index contributed by atoms with van der Waals surface area (Å²) < 4.78 is 1.92. The molecule has 1 fully saturated rings. The second-order valence-electron chi connectivity index (χ2n) is 10.3. The molecule has 0 bridgehead atoms. The number of thiophene rings is 1. The molecule has 3 amide bonds. The minimum absolute atomic E-state index is 0.0825. The van der Waals surface area contributed by atoms with Gasteiger partial charge in [-0.2, -0.15) is 5.10 Å². The lowest BCUT2D eigenvalue weighted by Gasteiger charge is -2.24. The molecule has 10 heteroatoms. The van der Waals surface area contributed by atoms with Crippen molar-refractivity contribution in [3.8, 4) is 16.3 Å². The molecule has 1 aliphatic rings. The van der Waals surface area contributed by atoms with E-state index in [9.17, 15) is 14.4 Å². The highest BCUT2D eigenvalue weighted by atomic mass is 32.1. The molecule has 0 unspecified atom stereocenters. The van der Waals surface area contributed by atoms with Crippen LogP contribution in [0, 0.1) is 5.92 Å². The fourth-order valence-corrected chi connectivity index (χ4v) is 5.39. The van der Waals surface area contributed by atoms with Gasteiger partial charge in [0.1, 0.15) is 17.8 Å². The van der Waals surface area contributed by atoms with Gasteiger partial charge in [0.2, 0.25) is 17.7 Å². The van der Waals surface area contributed by atoms with Crippen LogP contribution in [0.5, 0.6) is 0 Å². The fraction of sp³-hybridized carbons (Fsp3) is 0.448. The molecule has 3 N–H and O–H groups in total. The summed E-state index contributed by atoms with van der Waals surface area (Å²) >= 11 is 1.66. The predicted octanol–water partition coefficient (Wildman–Crippen LogP) is 3.35. The third-order valence-electron chi connectivity index (χ3n) is 6.81. The van der Waals surface area contributed by atoms with Crippen LogP contribution in [-0.4, -0.2) is 64.1 Å². The summed E-state index contributed by atoms with van der Waals surface area (Å²) in [6, 6.07) is 12.8. The Morgan fingerprint density at radius 3 is 2.49 bits per heavy atom. The Bertz CT molecular complexity index is 1240. The first-order valence-corrected chi connectivity index (χ1v) is 14.5. The topological polar surface area (TPSA) is 108 Å². The molecule has 0 aliphatic carbocycles. The van der Waals surface area contributed by atoms with E-state index in [0.29, 0.717) is 32.5 Å². The predicted molar refractivity (Wildman–Crippen MR) is 153 cm³/mol.